The number of aliphatic carboxylic acids is 1. The molecule has 1 unspecified atom stereocenters. The maximum atomic E-state index is 11.4. The van der Waals surface area contributed by atoms with Crippen LogP contribution in [0.2, 0.25) is 0 Å². The van der Waals surface area contributed by atoms with Crippen molar-refractivity contribution in [2.45, 2.75) is 25.8 Å². The van der Waals surface area contributed by atoms with E-state index in [9.17, 15) is 9.90 Å². The minimum Gasteiger partial charge on any atom is -0.481 e. The smallest absolute Gasteiger partial charge is 0.312 e. The van der Waals surface area contributed by atoms with Crippen LogP contribution < -0.4 is 5.32 Å². The van der Waals surface area contributed by atoms with Crippen molar-refractivity contribution in [2.24, 2.45) is 0 Å². The van der Waals surface area contributed by atoms with E-state index in [1.54, 1.807) is 0 Å². The van der Waals surface area contributed by atoms with Crippen molar-refractivity contribution in [1.29, 1.82) is 0 Å². The zero-order valence-electron chi connectivity index (χ0n) is 12.3. The van der Waals surface area contributed by atoms with Crippen LogP contribution in [0.3, 0.4) is 0 Å². The number of rotatable bonds is 7. The molecule has 2 aromatic rings. The third-order valence-electron chi connectivity index (χ3n) is 3.66. The summed E-state index contributed by atoms with van der Waals surface area (Å²) in [6.45, 7) is 3.25. The molecule has 0 saturated carbocycles. The fourth-order valence-electron chi connectivity index (χ4n) is 2.46. The van der Waals surface area contributed by atoms with E-state index in [-0.39, 0.29) is 0 Å². The predicted octanol–water partition coefficient (Wildman–Crippen LogP) is 3.21. The first-order chi connectivity index (χ1) is 10.2. The summed E-state index contributed by atoms with van der Waals surface area (Å²) in [5.41, 5.74) is 3.37. The standard InChI is InChI=1S/C18H21NO2/c1-2-14-8-6-7-11-16(14)12-19-13-17(18(20)21)15-9-4-3-5-10-15/h3-11,17,19H,2,12-13H2,1H3,(H,20,21). The molecule has 0 aliphatic carbocycles. The maximum absolute atomic E-state index is 11.4. The van der Waals surface area contributed by atoms with E-state index < -0.39 is 11.9 Å². The van der Waals surface area contributed by atoms with Gasteiger partial charge in [0.05, 0.1) is 5.92 Å². The van der Waals surface area contributed by atoms with Gasteiger partial charge in [-0.1, -0.05) is 61.5 Å². The van der Waals surface area contributed by atoms with Crippen LogP contribution in [0.5, 0.6) is 0 Å². The molecule has 3 nitrogen and oxygen atoms in total. The first-order valence-corrected chi connectivity index (χ1v) is 7.27. The van der Waals surface area contributed by atoms with Gasteiger partial charge in [-0.05, 0) is 23.1 Å². The molecule has 0 saturated heterocycles. The molecular formula is C18H21NO2. The molecule has 2 rings (SSSR count). The van der Waals surface area contributed by atoms with Crippen molar-refractivity contribution in [3.05, 3.63) is 71.3 Å². The van der Waals surface area contributed by atoms with Gasteiger partial charge in [0.15, 0.2) is 0 Å². The fraction of sp³-hybridized carbons (Fsp3) is 0.278. The lowest BCUT2D eigenvalue weighted by molar-refractivity contribution is -0.138. The number of hydrogen-bond donors (Lipinski definition) is 2. The minimum atomic E-state index is -0.794. The van der Waals surface area contributed by atoms with E-state index in [2.05, 4.69) is 24.4 Å². The highest BCUT2D eigenvalue weighted by atomic mass is 16.4. The Morgan fingerprint density at radius 2 is 1.67 bits per heavy atom. The van der Waals surface area contributed by atoms with Crippen molar-refractivity contribution >= 4 is 5.97 Å². The van der Waals surface area contributed by atoms with Crippen LogP contribution >= 0.6 is 0 Å². The molecule has 21 heavy (non-hydrogen) atoms. The van der Waals surface area contributed by atoms with Crippen LogP contribution in [0.15, 0.2) is 54.6 Å². The third kappa shape index (κ3) is 4.17. The normalized spacial score (nSPS) is 12.0. The first-order valence-electron chi connectivity index (χ1n) is 7.27. The van der Waals surface area contributed by atoms with Crippen LogP contribution in [0, 0.1) is 0 Å². The highest BCUT2D eigenvalue weighted by Crippen LogP contribution is 2.15. The minimum absolute atomic E-state index is 0.428. The molecule has 0 aliphatic heterocycles. The number of carboxylic acids is 1. The lowest BCUT2D eigenvalue weighted by Gasteiger charge is -2.15. The van der Waals surface area contributed by atoms with Crippen LogP contribution in [-0.4, -0.2) is 17.6 Å². The molecule has 1 atom stereocenters. The van der Waals surface area contributed by atoms with Crippen molar-refractivity contribution < 1.29 is 9.90 Å². The quantitative estimate of drug-likeness (QED) is 0.820. The topological polar surface area (TPSA) is 49.3 Å². The van der Waals surface area contributed by atoms with Crippen molar-refractivity contribution in [3.63, 3.8) is 0 Å². The van der Waals surface area contributed by atoms with E-state index in [0.29, 0.717) is 13.1 Å². The average Bonchev–Trinajstić information content (AvgIpc) is 2.52. The Morgan fingerprint density at radius 1 is 1.05 bits per heavy atom. The Labute approximate surface area is 125 Å². The number of nitrogens with one attached hydrogen (secondary N) is 1. The maximum Gasteiger partial charge on any atom is 0.312 e. The van der Waals surface area contributed by atoms with E-state index in [1.807, 2.05) is 42.5 Å². The van der Waals surface area contributed by atoms with Crippen LogP contribution in [0.4, 0.5) is 0 Å². The molecule has 0 aliphatic rings. The molecule has 2 aromatic carbocycles. The van der Waals surface area contributed by atoms with Gasteiger partial charge in [0.25, 0.3) is 0 Å². The summed E-state index contributed by atoms with van der Waals surface area (Å²) >= 11 is 0. The summed E-state index contributed by atoms with van der Waals surface area (Å²) in [6.07, 6.45) is 0.985. The highest BCUT2D eigenvalue weighted by Gasteiger charge is 2.18. The molecule has 0 bridgehead atoms. The lowest BCUT2D eigenvalue weighted by atomic mass is 9.99. The lowest BCUT2D eigenvalue weighted by Crippen LogP contribution is -2.26. The Hall–Kier alpha value is -2.13. The summed E-state index contributed by atoms with van der Waals surface area (Å²) in [6, 6.07) is 17.6. The molecule has 0 fully saturated rings. The van der Waals surface area contributed by atoms with E-state index in [1.165, 1.54) is 11.1 Å². The SMILES string of the molecule is CCc1ccccc1CNCC(C(=O)O)c1ccccc1. The van der Waals surface area contributed by atoms with Gasteiger partial charge in [0.2, 0.25) is 0 Å². The van der Waals surface area contributed by atoms with Crippen LogP contribution in [-0.2, 0) is 17.8 Å². The second-order valence-electron chi connectivity index (χ2n) is 5.05. The molecule has 0 spiro atoms. The molecule has 2 N–H and O–H groups in total. The predicted molar refractivity (Wildman–Crippen MR) is 84.3 cm³/mol. The summed E-state index contributed by atoms with van der Waals surface area (Å²) in [7, 11) is 0. The number of aryl methyl sites for hydroxylation is 1. The highest BCUT2D eigenvalue weighted by molar-refractivity contribution is 5.76. The molecule has 110 valence electrons. The van der Waals surface area contributed by atoms with Crippen molar-refractivity contribution in [3.8, 4) is 0 Å². The second kappa shape index (κ2) is 7.60. The Bertz CT molecular complexity index is 581. The number of hydrogen-bond acceptors (Lipinski definition) is 2. The summed E-state index contributed by atoms with van der Waals surface area (Å²) in [4.78, 5) is 11.4. The largest absolute Gasteiger partial charge is 0.481 e. The second-order valence-corrected chi connectivity index (χ2v) is 5.05. The number of benzene rings is 2. The Balaban J connectivity index is 1.99. The monoisotopic (exact) mass is 283 g/mol. The van der Waals surface area contributed by atoms with Crippen LogP contribution in [0.25, 0.3) is 0 Å². The zero-order valence-corrected chi connectivity index (χ0v) is 12.3. The van der Waals surface area contributed by atoms with E-state index in [4.69, 9.17) is 0 Å². The molecule has 0 heterocycles. The molecule has 0 amide bonds. The molecular weight excluding hydrogens is 262 g/mol. The van der Waals surface area contributed by atoms with Gasteiger partial charge in [-0.3, -0.25) is 4.79 Å². The van der Waals surface area contributed by atoms with Gasteiger partial charge in [0.1, 0.15) is 0 Å². The van der Waals surface area contributed by atoms with Gasteiger partial charge in [-0.25, -0.2) is 0 Å². The van der Waals surface area contributed by atoms with Gasteiger partial charge in [-0.15, -0.1) is 0 Å². The van der Waals surface area contributed by atoms with Gasteiger partial charge < -0.3 is 10.4 Å². The molecule has 3 heteroatoms. The summed E-state index contributed by atoms with van der Waals surface area (Å²) in [5, 5.41) is 12.7. The van der Waals surface area contributed by atoms with E-state index >= 15 is 0 Å². The third-order valence-corrected chi connectivity index (χ3v) is 3.66. The van der Waals surface area contributed by atoms with Gasteiger partial charge >= 0.3 is 5.97 Å². The van der Waals surface area contributed by atoms with E-state index in [0.717, 1.165) is 12.0 Å². The first kappa shape index (κ1) is 15.3. The average molecular weight is 283 g/mol. The summed E-state index contributed by atoms with van der Waals surface area (Å²) < 4.78 is 0. The Morgan fingerprint density at radius 3 is 2.29 bits per heavy atom. The molecule has 0 radical (unpaired) electrons. The van der Waals surface area contributed by atoms with Gasteiger partial charge in [0, 0.05) is 13.1 Å². The Kier molecular flexibility index (Phi) is 5.52. The molecule has 0 aromatic heterocycles. The number of carbonyl (C=O) groups is 1. The zero-order chi connectivity index (χ0) is 15.1. The summed E-state index contributed by atoms with van der Waals surface area (Å²) in [5.74, 6) is -1.31. The van der Waals surface area contributed by atoms with Crippen LogP contribution in [0.1, 0.15) is 29.5 Å². The van der Waals surface area contributed by atoms with Crippen molar-refractivity contribution in [2.75, 3.05) is 6.54 Å². The number of carboxylic acid groups (broad SMARTS) is 1. The van der Waals surface area contributed by atoms with Gasteiger partial charge in [-0.2, -0.15) is 0 Å². The fourth-order valence-corrected chi connectivity index (χ4v) is 2.46. The van der Waals surface area contributed by atoms with Crippen molar-refractivity contribution in [1.82, 2.24) is 5.32 Å².